The Morgan fingerprint density at radius 1 is 1.06 bits per heavy atom. The molecule has 6 N–H and O–H groups in total. The second-order valence-electron chi connectivity index (χ2n) is 8.71. The highest BCUT2D eigenvalue weighted by atomic mass is 35.5. The van der Waals surface area contributed by atoms with Gasteiger partial charge in [0.2, 0.25) is 5.95 Å². The van der Waals surface area contributed by atoms with Crippen molar-refractivity contribution in [3.63, 3.8) is 0 Å². The monoisotopic (exact) mass is 533 g/mol. The molecular weight excluding hydrogens is 501 g/mol. The molecule has 1 aromatic heterocycles. The number of anilines is 2. The Balaban J connectivity index is 0.00000228. The third-order valence-electron chi connectivity index (χ3n) is 6.12. The molecular formula is C25H33Cl2N7O2. The SMILES string of the molecule is COc1ccc(C(=O)Nc2nc(N[C@H]3CCCC[C@H]3N=C(N)N)c3cc(C)ccc3n2)c(C)c1.Cl.Cl. The van der Waals surface area contributed by atoms with Crippen LogP contribution in [0.25, 0.3) is 10.9 Å². The molecule has 1 amide bonds. The number of hydrogen-bond donors (Lipinski definition) is 4. The highest BCUT2D eigenvalue weighted by Crippen LogP contribution is 2.29. The van der Waals surface area contributed by atoms with Gasteiger partial charge in [0.05, 0.1) is 24.7 Å². The number of halogens is 2. The fourth-order valence-electron chi connectivity index (χ4n) is 4.40. The van der Waals surface area contributed by atoms with Gasteiger partial charge in [0.15, 0.2) is 5.96 Å². The number of nitrogens with two attached hydrogens (primary N) is 2. The fourth-order valence-corrected chi connectivity index (χ4v) is 4.40. The minimum atomic E-state index is -0.284. The van der Waals surface area contributed by atoms with Crippen LogP contribution in [-0.2, 0) is 0 Å². The van der Waals surface area contributed by atoms with E-state index in [1.807, 2.05) is 38.1 Å². The van der Waals surface area contributed by atoms with Crippen molar-refractivity contribution in [1.29, 1.82) is 0 Å². The molecule has 0 spiro atoms. The van der Waals surface area contributed by atoms with Gasteiger partial charge in [-0.05, 0) is 62.6 Å². The molecule has 9 nitrogen and oxygen atoms in total. The summed E-state index contributed by atoms with van der Waals surface area (Å²) < 4.78 is 5.24. The number of carbonyl (C=O) groups is 1. The lowest BCUT2D eigenvalue weighted by molar-refractivity contribution is 0.102. The van der Waals surface area contributed by atoms with Gasteiger partial charge in [-0.1, -0.05) is 24.5 Å². The third-order valence-corrected chi connectivity index (χ3v) is 6.12. The van der Waals surface area contributed by atoms with E-state index >= 15 is 0 Å². The molecule has 0 unspecified atom stereocenters. The topological polar surface area (TPSA) is 141 Å². The average Bonchev–Trinajstić information content (AvgIpc) is 2.80. The minimum Gasteiger partial charge on any atom is -0.497 e. The summed E-state index contributed by atoms with van der Waals surface area (Å²) in [5, 5.41) is 7.29. The highest BCUT2D eigenvalue weighted by molar-refractivity contribution is 6.05. The van der Waals surface area contributed by atoms with Crippen LogP contribution in [0.3, 0.4) is 0 Å². The molecule has 1 saturated carbocycles. The standard InChI is InChI=1S/C25H31N7O2.2ClH/c1-14-8-11-19-18(12-14)22(28-20-6-4-5-7-21(20)29-24(26)27)31-25(30-19)32-23(33)17-10-9-16(34-3)13-15(17)2;;/h8-13,20-21H,4-7H2,1-3H3,(H4,26,27,29)(H2,28,30,31,32,33);2*1H/t20-,21+;;/m0../s1. The summed E-state index contributed by atoms with van der Waals surface area (Å²) in [5.74, 6) is 1.38. The van der Waals surface area contributed by atoms with E-state index in [9.17, 15) is 4.79 Å². The average molecular weight is 534 g/mol. The molecule has 3 aromatic rings. The zero-order valence-corrected chi connectivity index (χ0v) is 22.2. The van der Waals surface area contributed by atoms with Crippen molar-refractivity contribution in [3.05, 3.63) is 53.1 Å². The van der Waals surface area contributed by atoms with Gasteiger partial charge in [0.25, 0.3) is 5.91 Å². The predicted molar refractivity (Wildman–Crippen MR) is 150 cm³/mol. The van der Waals surface area contributed by atoms with Gasteiger partial charge in [0, 0.05) is 10.9 Å². The van der Waals surface area contributed by atoms with E-state index in [4.69, 9.17) is 16.2 Å². The zero-order valence-electron chi connectivity index (χ0n) is 20.6. The van der Waals surface area contributed by atoms with Gasteiger partial charge in [-0.25, -0.2) is 9.98 Å². The van der Waals surface area contributed by atoms with Gasteiger partial charge < -0.3 is 21.5 Å². The molecule has 36 heavy (non-hydrogen) atoms. The Labute approximate surface area is 223 Å². The van der Waals surface area contributed by atoms with E-state index in [1.165, 1.54) is 0 Å². The summed E-state index contributed by atoms with van der Waals surface area (Å²) in [6, 6.07) is 11.3. The Hall–Kier alpha value is -3.30. The molecule has 11 heteroatoms. The van der Waals surface area contributed by atoms with E-state index in [0.717, 1.165) is 47.7 Å². The van der Waals surface area contributed by atoms with Crippen molar-refractivity contribution in [2.75, 3.05) is 17.7 Å². The van der Waals surface area contributed by atoms with Crippen molar-refractivity contribution in [1.82, 2.24) is 9.97 Å². The maximum absolute atomic E-state index is 13.0. The normalized spacial score (nSPS) is 16.8. The van der Waals surface area contributed by atoms with E-state index < -0.39 is 0 Å². The number of rotatable bonds is 6. The molecule has 0 bridgehead atoms. The van der Waals surface area contributed by atoms with Gasteiger partial charge in [-0.2, -0.15) is 4.98 Å². The first-order valence-electron chi connectivity index (χ1n) is 11.4. The summed E-state index contributed by atoms with van der Waals surface area (Å²) in [5.41, 5.74) is 14.5. The number of nitrogens with one attached hydrogen (secondary N) is 2. The summed E-state index contributed by atoms with van der Waals surface area (Å²) in [4.78, 5) is 26.7. The van der Waals surface area contributed by atoms with Crippen molar-refractivity contribution < 1.29 is 9.53 Å². The molecule has 0 aliphatic heterocycles. The van der Waals surface area contributed by atoms with Crippen LogP contribution in [0.2, 0.25) is 0 Å². The molecule has 194 valence electrons. The third kappa shape index (κ3) is 6.67. The van der Waals surface area contributed by atoms with Crippen LogP contribution < -0.4 is 26.8 Å². The van der Waals surface area contributed by atoms with E-state index in [-0.39, 0.29) is 54.7 Å². The number of carbonyl (C=O) groups excluding carboxylic acids is 1. The largest absolute Gasteiger partial charge is 0.497 e. The lowest BCUT2D eigenvalue weighted by Gasteiger charge is -2.30. The van der Waals surface area contributed by atoms with E-state index in [2.05, 4.69) is 25.6 Å². The van der Waals surface area contributed by atoms with Crippen molar-refractivity contribution in [3.8, 4) is 5.75 Å². The predicted octanol–water partition coefficient (Wildman–Crippen LogP) is 4.35. The molecule has 1 heterocycles. The Kier molecular flexibility index (Phi) is 10.1. The summed E-state index contributed by atoms with van der Waals surface area (Å²) in [6.07, 6.45) is 3.98. The second kappa shape index (κ2) is 12.6. The maximum Gasteiger partial charge on any atom is 0.258 e. The van der Waals surface area contributed by atoms with Gasteiger partial charge in [-0.15, -0.1) is 24.8 Å². The summed E-state index contributed by atoms with van der Waals surface area (Å²) in [7, 11) is 1.59. The van der Waals surface area contributed by atoms with Crippen LogP contribution in [-0.4, -0.2) is 41.0 Å². The molecule has 1 fully saturated rings. The number of guanidine groups is 1. The quantitative estimate of drug-likeness (QED) is 0.272. The Bertz CT molecular complexity index is 1250. The first kappa shape index (κ1) is 28.9. The summed E-state index contributed by atoms with van der Waals surface area (Å²) in [6.45, 7) is 3.88. The number of methoxy groups -OCH3 is 1. The first-order chi connectivity index (χ1) is 16.3. The van der Waals surface area contributed by atoms with Crippen LogP contribution in [0.4, 0.5) is 11.8 Å². The number of ether oxygens (including phenoxy) is 1. The summed E-state index contributed by atoms with van der Waals surface area (Å²) >= 11 is 0. The second-order valence-corrected chi connectivity index (χ2v) is 8.71. The number of benzene rings is 2. The molecule has 4 rings (SSSR count). The van der Waals surface area contributed by atoms with Crippen molar-refractivity contribution in [2.24, 2.45) is 16.5 Å². The molecule has 1 aliphatic carbocycles. The van der Waals surface area contributed by atoms with Crippen LogP contribution in [0.5, 0.6) is 5.75 Å². The lowest BCUT2D eigenvalue weighted by Crippen LogP contribution is -2.38. The Morgan fingerprint density at radius 2 is 1.81 bits per heavy atom. The van der Waals surface area contributed by atoms with Crippen LogP contribution in [0.1, 0.15) is 47.2 Å². The van der Waals surface area contributed by atoms with Crippen LogP contribution >= 0.6 is 24.8 Å². The zero-order chi connectivity index (χ0) is 24.2. The van der Waals surface area contributed by atoms with E-state index in [0.29, 0.717) is 17.1 Å². The minimum absolute atomic E-state index is 0. The van der Waals surface area contributed by atoms with Gasteiger partial charge >= 0.3 is 0 Å². The van der Waals surface area contributed by atoms with Crippen molar-refractivity contribution in [2.45, 2.75) is 51.6 Å². The molecule has 0 radical (unpaired) electrons. The highest BCUT2D eigenvalue weighted by Gasteiger charge is 2.26. The number of amides is 1. The number of fused-ring (bicyclic) bond motifs is 1. The Morgan fingerprint density at radius 3 is 2.50 bits per heavy atom. The first-order valence-corrected chi connectivity index (χ1v) is 11.4. The van der Waals surface area contributed by atoms with Crippen LogP contribution in [0.15, 0.2) is 41.4 Å². The molecule has 1 aliphatic rings. The number of aliphatic imine (C=N–C) groups is 1. The maximum atomic E-state index is 13.0. The number of aromatic nitrogens is 2. The number of aryl methyl sites for hydroxylation is 2. The smallest absolute Gasteiger partial charge is 0.258 e. The van der Waals surface area contributed by atoms with Crippen LogP contribution in [0, 0.1) is 13.8 Å². The number of nitrogens with zero attached hydrogens (tertiary/aromatic N) is 3. The number of hydrogen-bond acceptors (Lipinski definition) is 6. The van der Waals surface area contributed by atoms with Gasteiger partial charge in [-0.3, -0.25) is 10.1 Å². The molecule has 0 saturated heterocycles. The lowest BCUT2D eigenvalue weighted by atomic mass is 9.90. The van der Waals surface area contributed by atoms with Gasteiger partial charge in [0.1, 0.15) is 11.6 Å². The van der Waals surface area contributed by atoms with E-state index in [1.54, 1.807) is 19.2 Å². The fraction of sp³-hybridized carbons (Fsp3) is 0.360. The molecule has 2 aromatic carbocycles. The molecule has 2 atom stereocenters. The van der Waals surface area contributed by atoms with Crippen molar-refractivity contribution >= 4 is 59.3 Å².